The number of hydrogen-bond acceptors (Lipinski definition) is 7. The fourth-order valence-corrected chi connectivity index (χ4v) is 3.19. The van der Waals surface area contributed by atoms with Crippen LogP contribution in [0.3, 0.4) is 0 Å². The fourth-order valence-electron chi connectivity index (χ4n) is 2.36. The zero-order valence-electron chi connectivity index (χ0n) is 15.4. The third kappa shape index (κ3) is 5.48. The zero-order chi connectivity index (χ0) is 19.8. The van der Waals surface area contributed by atoms with Crippen LogP contribution < -0.4 is 14.8 Å². The molecule has 1 saturated heterocycles. The Hall–Kier alpha value is -2.52. The lowest BCUT2D eigenvalue weighted by atomic mass is 10.1. The van der Waals surface area contributed by atoms with Crippen molar-refractivity contribution < 1.29 is 28.6 Å². The average molecular weight is 394 g/mol. The average Bonchev–Trinajstić information content (AvgIpc) is 2.93. The molecule has 1 N–H and O–H groups in total. The van der Waals surface area contributed by atoms with Crippen LogP contribution in [-0.2, 0) is 14.3 Å². The molecule has 0 bridgehead atoms. The van der Waals surface area contributed by atoms with Crippen LogP contribution in [0.15, 0.2) is 23.1 Å². The van der Waals surface area contributed by atoms with Gasteiger partial charge >= 0.3 is 0 Å². The van der Waals surface area contributed by atoms with E-state index in [2.05, 4.69) is 5.32 Å². The van der Waals surface area contributed by atoms with E-state index in [1.807, 2.05) is 0 Å². The summed E-state index contributed by atoms with van der Waals surface area (Å²) in [7, 11) is 4.62. The first-order chi connectivity index (χ1) is 13.0. The molecule has 1 aliphatic rings. The first kappa shape index (κ1) is 20.8. The second-order valence-electron chi connectivity index (χ2n) is 5.57. The van der Waals surface area contributed by atoms with Gasteiger partial charge in [-0.2, -0.15) is 0 Å². The largest absolute Gasteiger partial charge is 0.497 e. The minimum atomic E-state index is -0.505. The number of methoxy groups -OCH3 is 3. The van der Waals surface area contributed by atoms with Crippen molar-refractivity contribution in [2.75, 3.05) is 41.0 Å². The first-order valence-electron chi connectivity index (χ1n) is 8.23. The summed E-state index contributed by atoms with van der Waals surface area (Å²) in [6.45, 7) is 0.630. The van der Waals surface area contributed by atoms with E-state index in [-0.39, 0.29) is 11.4 Å². The van der Waals surface area contributed by atoms with E-state index in [0.717, 1.165) is 16.7 Å². The number of ether oxygens (including phenoxy) is 3. The topological polar surface area (TPSA) is 94.2 Å². The van der Waals surface area contributed by atoms with E-state index in [1.165, 1.54) is 7.11 Å². The van der Waals surface area contributed by atoms with Gasteiger partial charge < -0.3 is 19.5 Å². The van der Waals surface area contributed by atoms with Gasteiger partial charge in [0.2, 0.25) is 5.91 Å². The molecule has 8 nitrogen and oxygen atoms in total. The molecular weight excluding hydrogens is 372 g/mol. The molecule has 146 valence electrons. The van der Waals surface area contributed by atoms with E-state index in [1.54, 1.807) is 38.5 Å². The summed E-state index contributed by atoms with van der Waals surface area (Å²) in [6.07, 6.45) is 2.22. The van der Waals surface area contributed by atoms with Gasteiger partial charge in [-0.05, 0) is 36.4 Å². The molecule has 0 unspecified atom stereocenters. The van der Waals surface area contributed by atoms with E-state index in [4.69, 9.17) is 14.2 Å². The molecule has 1 heterocycles. The SMILES string of the molecule is COCCCNC(=O)CN1C(=O)S/C(=C\c2ccc(OC)cc2OC)C1=O. The predicted octanol–water partition coefficient (Wildman–Crippen LogP) is 1.89. The van der Waals surface area contributed by atoms with Gasteiger partial charge in [0.05, 0.1) is 19.1 Å². The Morgan fingerprint density at radius 2 is 2.00 bits per heavy atom. The molecule has 0 aromatic heterocycles. The molecule has 0 aliphatic carbocycles. The van der Waals surface area contributed by atoms with Gasteiger partial charge in [0.15, 0.2) is 0 Å². The number of carbonyl (C=O) groups excluding carboxylic acids is 3. The Bertz CT molecular complexity index is 749. The highest BCUT2D eigenvalue weighted by Crippen LogP contribution is 2.34. The number of imide groups is 1. The van der Waals surface area contributed by atoms with Crippen LogP contribution in [0.25, 0.3) is 6.08 Å². The van der Waals surface area contributed by atoms with Crippen molar-refractivity contribution >= 4 is 34.9 Å². The second kappa shape index (κ2) is 9.98. The van der Waals surface area contributed by atoms with Crippen molar-refractivity contribution in [3.05, 3.63) is 28.7 Å². The van der Waals surface area contributed by atoms with Gasteiger partial charge in [-0.15, -0.1) is 0 Å². The third-order valence-corrected chi connectivity index (χ3v) is 4.66. The molecule has 3 amide bonds. The minimum Gasteiger partial charge on any atom is -0.497 e. The maximum Gasteiger partial charge on any atom is 0.294 e. The number of amides is 3. The van der Waals surface area contributed by atoms with Gasteiger partial charge in [0.25, 0.3) is 11.1 Å². The monoisotopic (exact) mass is 394 g/mol. The number of thioether (sulfide) groups is 1. The highest BCUT2D eigenvalue weighted by molar-refractivity contribution is 8.18. The summed E-state index contributed by atoms with van der Waals surface area (Å²) >= 11 is 0.791. The highest BCUT2D eigenvalue weighted by atomic mass is 32.2. The van der Waals surface area contributed by atoms with Crippen molar-refractivity contribution in [2.45, 2.75) is 6.42 Å². The Morgan fingerprint density at radius 1 is 1.22 bits per heavy atom. The predicted molar refractivity (Wildman–Crippen MR) is 102 cm³/mol. The normalized spacial score (nSPS) is 15.4. The number of hydrogen-bond donors (Lipinski definition) is 1. The van der Waals surface area contributed by atoms with Crippen LogP contribution in [-0.4, -0.2) is 63.0 Å². The van der Waals surface area contributed by atoms with Crippen LogP contribution in [0.2, 0.25) is 0 Å². The molecule has 0 spiro atoms. The lowest BCUT2D eigenvalue weighted by Gasteiger charge is -2.12. The molecular formula is C18H22N2O6S. The number of carbonyl (C=O) groups is 3. The van der Waals surface area contributed by atoms with Crippen LogP contribution in [0.4, 0.5) is 4.79 Å². The van der Waals surface area contributed by atoms with Crippen LogP contribution >= 0.6 is 11.8 Å². The summed E-state index contributed by atoms with van der Waals surface area (Å²) in [5.41, 5.74) is 0.632. The van der Waals surface area contributed by atoms with Crippen molar-refractivity contribution in [1.29, 1.82) is 0 Å². The van der Waals surface area contributed by atoms with Crippen LogP contribution in [0.1, 0.15) is 12.0 Å². The van der Waals surface area contributed by atoms with Gasteiger partial charge in [-0.3, -0.25) is 19.3 Å². The summed E-state index contributed by atoms with van der Waals surface area (Å²) in [5.74, 6) is 0.228. The van der Waals surface area contributed by atoms with Crippen molar-refractivity contribution in [1.82, 2.24) is 10.2 Å². The lowest BCUT2D eigenvalue weighted by molar-refractivity contribution is -0.129. The maximum absolute atomic E-state index is 12.5. The molecule has 0 radical (unpaired) electrons. The van der Waals surface area contributed by atoms with E-state index >= 15 is 0 Å². The highest BCUT2D eigenvalue weighted by Gasteiger charge is 2.36. The third-order valence-electron chi connectivity index (χ3n) is 3.75. The van der Waals surface area contributed by atoms with Crippen LogP contribution in [0.5, 0.6) is 11.5 Å². The summed E-state index contributed by atoms with van der Waals surface area (Å²) < 4.78 is 15.3. The van der Waals surface area contributed by atoms with Gasteiger partial charge in [-0.1, -0.05) is 0 Å². The molecule has 0 saturated carbocycles. The quantitative estimate of drug-likeness (QED) is 0.505. The number of rotatable bonds is 9. The number of nitrogens with one attached hydrogen (secondary N) is 1. The molecule has 1 aliphatic heterocycles. The van der Waals surface area contributed by atoms with E-state index < -0.39 is 17.1 Å². The Labute approximate surface area is 161 Å². The first-order valence-corrected chi connectivity index (χ1v) is 9.04. The Balaban J connectivity index is 2.07. The van der Waals surface area contributed by atoms with Crippen LogP contribution in [0, 0.1) is 0 Å². The van der Waals surface area contributed by atoms with Crippen molar-refractivity contribution in [3.8, 4) is 11.5 Å². The standard InChI is InChI=1S/C18H22N2O6S/c1-24-8-4-7-19-16(21)11-20-17(22)15(27-18(20)23)9-12-5-6-13(25-2)10-14(12)26-3/h5-6,9-10H,4,7-8,11H2,1-3H3,(H,19,21)/b15-9-. The summed E-state index contributed by atoms with van der Waals surface area (Å²) in [6, 6.07) is 5.14. The molecule has 2 rings (SSSR count). The molecule has 27 heavy (non-hydrogen) atoms. The Morgan fingerprint density at radius 3 is 2.67 bits per heavy atom. The molecule has 1 aromatic carbocycles. The second-order valence-corrected chi connectivity index (χ2v) is 6.57. The summed E-state index contributed by atoms with van der Waals surface area (Å²) in [4.78, 5) is 37.7. The lowest BCUT2D eigenvalue weighted by Crippen LogP contribution is -2.39. The van der Waals surface area contributed by atoms with E-state index in [9.17, 15) is 14.4 Å². The van der Waals surface area contributed by atoms with Gasteiger partial charge in [-0.25, -0.2) is 0 Å². The van der Waals surface area contributed by atoms with Gasteiger partial charge in [0.1, 0.15) is 18.0 Å². The minimum absolute atomic E-state index is 0.232. The fraction of sp³-hybridized carbons (Fsp3) is 0.389. The molecule has 9 heteroatoms. The zero-order valence-corrected chi connectivity index (χ0v) is 16.3. The molecule has 1 fully saturated rings. The van der Waals surface area contributed by atoms with Crippen molar-refractivity contribution in [2.24, 2.45) is 0 Å². The van der Waals surface area contributed by atoms with E-state index in [0.29, 0.717) is 36.6 Å². The summed E-state index contributed by atoms with van der Waals surface area (Å²) in [5, 5.41) is 2.17. The smallest absolute Gasteiger partial charge is 0.294 e. The maximum atomic E-state index is 12.5. The molecule has 1 aromatic rings. The number of benzene rings is 1. The number of nitrogens with zero attached hydrogens (tertiary/aromatic N) is 1. The molecule has 0 atom stereocenters. The van der Waals surface area contributed by atoms with Gasteiger partial charge in [0, 0.05) is 31.9 Å². The Kier molecular flexibility index (Phi) is 7.68. The van der Waals surface area contributed by atoms with Crippen molar-refractivity contribution in [3.63, 3.8) is 0 Å².